The normalized spacial score (nSPS) is 15.3. The second-order valence-electron chi connectivity index (χ2n) is 5.58. The molecular weight excluding hydrogens is 291 g/mol. The number of allylic oxidation sites excluding steroid dienone is 1. The maximum absolute atomic E-state index is 12.6. The zero-order valence-corrected chi connectivity index (χ0v) is 12.4. The van der Waals surface area contributed by atoms with Crippen molar-refractivity contribution < 1.29 is 18.0 Å². The summed E-state index contributed by atoms with van der Waals surface area (Å²) in [5.41, 5.74) is 1.03. The van der Waals surface area contributed by atoms with Crippen molar-refractivity contribution in [3.05, 3.63) is 47.0 Å². The molecule has 0 aromatic heterocycles. The highest BCUT2D eigenvalue weighted by Crippen LogP contribution is 2.29. The van der Waals surface area contributed by atoms with Crippen LogP contribution in [0.1, 0.15) is 43.2 Å². The molecule has 0 heterocycles. The number of amides is 1. The maximum atomic E-state index is 12.6. The molecule has 1 aliphatic carbocycles. The molecule has 2 rings (SSSR count). The molecule has 0 saturated carbocycles. The van der Waals surface area contributed by atoms with E-state index in [0.29, 0.717) is 12.1 Å². The van der Waals surface area contributed by atoms with Crippen molar-refractivity contribution in [1.82, 2.24) is 5.32 Å². The van der Waals surface area contributed by atoms with Gasteiger partial charge in [-0.3, -0.25) is 4.79 Å². The lowest BCUT2D eigenvalue weighted by molar-refractivity contribution is -0.137. The smallest absolute Gasteiger partial charge is 0.355 e. The molecule has 0 saturated heterocycles. The summed E-state index contributed by atoms with van der Waals surface area (Å²) in [5, 5.41) is 2.78. The van der Waals surface area contributed by atoms with Crippen molar-refractivity contribution in [3.8, 4) is 0 Å². The minimum absolute atomic E-state index is 0.0248. The number of carbonyl (C=O) groups excluding carboxylic acids is 1. The first-order valence-corrected chi connectivity index (χ1v) is 7.56. The summed E-state index contributed by atoms with van der Waals surface area (Å²) in [6, 6.07) is 4.91. The molecule has 1 aliphatic rings. The third-order valence-electron chi connectivity index (χ3n) is 3.77. The van der Waals surface area contributed by atoms with Gasteiger partial charge in [-0.1, -0.05) is 29.8 Å². The van der Waals surface area contributed by atoms with Crippen LogP contribution in [0, 0.1) is 0 Å². The maximum Gasteiger partial charge on any atom is 0.416 e. The van der Waals surface area contributed by atoms with E-state index in [1.807, 2.05) is 0 Å². The van der Waals surface area contributed by atoms with Gasteiger partial charge in [0.1, 0.15) is 0 Å². The van der Waals surface area contributed by atoms with Crippen molar-refractivity contribution in [1.29, 1.82) is 0 Å². The first-order chi connectivity index (χ1) is 10.4. The van der Waals surface area contributed by atoms with Gasteiger partial charge in [-0.15, -0.1) is 0 Å². The van der Waals surface area contributed by atoms with Crippen LogP contribution in [-0.2, 0) is 17.4 Å². The topological polar surface area (TPSA) is 29.1 Å². The van der Waals surface area contributed by atoms with Crippen molar-refractivity contribution in [2.24, 2.45) is 0 Å². The lowest BCUT2D eigenvalue weighted by atomic mass is 9.97. The first kappa shape index (κ1) is 16.6. The predicted molar refractivity (Wildman–Crippen MR) is 79.3 cm³/mol. The van der Waals surface area contributed by atoms with Crippen LogP contribution in [0.3, 0.4) is 0 Å². The Kier molecular flexibility index (Phi) is 5.63. The summed E-state index contributed by atoms with van der Waals surface area (Å²) < 4.78 is 37.8. The fourth-order valence-corrected chi connectivity index (χ4v) is 2.60. The van der Waals surface area contributed by atoms with Crippen molar-refractivity contribution in [2.75, 3.05) is 6.54 Å². The van der Waals surface area contributed by atoms with E-state index in [2.05, 4.69) is 11.4 Å². The Balaban J connectivity index is 1.80. The van der Waals surface area contributed by atoms with Crippen LogP contribution >= 0.6 is 0 Å². The van der Waals surface area contributed by atoms with Gasteiger partial charge in [-0.2, -0.15) is 13.2 Å². The van der Waals surface area contributed by atoms with Crippen LogP contribution < -0.4 is 5.32 Å². The van der Waals surface area contributed by atoms with Crippen LogP contribution in [0.4, 0.5) is 13.2 Å². The minimum Gasteiger partial charge on any atom is -0.355 e. The Morgan fingerprint density at radius 2 is 2.05 bits per heavy atom. The molecule has 1 aromatic rings. The molecule has 0 spiro atoms. The van der Waals surface area contributed by atoms with Crippen LogP contribution in [-0.4, -0.2) is 12.5 Å². The molecule has 22 heavy (non-hydrogen) atoms. The fourth-order valence-electron chi connectivity index (χ4n) is 2.60. The Morgan fingerprint density at radius 3 is 2.73 bits per heavy atom. The van der Waals surface area contributed by atoms with Gasteiger partial charge in [-0.25, -0.2) is 0 Å². The number of rotatable bonds is 5. The summed E-state index contributed by atoms with van der Waals surface area (Å²) in [7, 11) is 0. The largest absolute Gasteiger partial charge is 0.416 e. The SMILES string of the molecule is O=C(Cc1cccc(C(F)(F)F)c1)NCCC1=CCCCC1. The molecule has 2 nitrogen and oxygen atoms in total. The number of alkyl halides is 3. The molecule has 0 atom stereocenters. The van der Waals surface area contributed by atoms with Crippen molar-refractivity contribution in [3.63, 3.8) is 0 Å². The Bertz CT molecular complexity index is 549. The molecule has 0 bridgehead atoms. The van der Waals surface area contributed by atoms with Gasteiger partial charge in [0, 0.05) is 6.54 Å². The van der Waals surface area contributed by atoms with Crippen LogP contribution in [0.15, 0.2) is 35.9 Å². The number of hydrogen-bond acceptors (Lipinski definition) is 1. The van der Waals surface area contributed by atoms with Crippen LogP contribution in [0.5, 0.6) is 0 Å². The monoisotopic (exact) mass is 311 g/mol. The second-order valence-corrected chi connectivity index (χ2v) is 5.58. The zero-order chi connectivity index (χ0) is 16.0. The molecule has 0 radical (unpaired) electrons. The molecule has 0 aliphatic heterocycles. The summed E-state index contributed by atoms with van der Waals surface area (Å²) >= 11 is 0. The standard InChI is InChI=1S/C17H20F3NO/c18-17(19,20)15-8-4-7-14(11-15)12-16(22)21-10-9-13-5-2-1-3-6-13/h4-5,7-8,11H,1-3,6,9-10,12H2,(H,21,22). The van der Waals surface area contributed by atoms with E-state index in [0.717, 1.165) is 31.4 Å². The molecule has 120 valence electrons. The highest BCUT2D eigenvalue weighted by Gasteiger charge is 2.30. The van der Waals surface area contributed by atoms with Gasteiger partial charge in [-0.05, 0) is 43.7 Å². The summed E-state index contributed by atoms with van der Waals surface area (Å²) in [6.07, 6.45) is 3.27. The third-order valence-corrected chi connectivity index (χ3v) is 3.77. The van der Waals surface area contributed by atoms with Gasteiger partial charge in [0.25, 0.3) is 0 Å². The van der Waals surface area contributed by atoms with Crippen molar-refractivity contribution >= 4 is 5.91 Å². The van der Waals surface area contributed by atoms with Crippen LogP contribution in [0.2, 0.25) is 0 Å². The number of benzene rings is 1. The average molecular weight is 311 g/mol. The Hall–Kier alpha value is -1.78. The molecule has 5 heteroatoms. The number of nitrogens with one attached hydrogen (secondary N) is 1. The van der Waals surface area contributed by atoms with E-state index in [9.17, 15) is 18.0 Å². The molecule has 1 aromatic carbocycles. The van der Waals surface area contributed by atoms with E-state index in [1.54, 1.807) is 6.07 Å². The Labute approximate surface area is 128 Å². The van der Waals surface area contributed by atoms with Crippen LogP contribution in [0.25, 0.3) is 0 Å². The fraction of sp³-hybridized carbons (Fsp3) is 0.471. The average Bonchev–Trinajstić information content (AvgIpc) is 2.48. The molecule has 0 unspecified atom stereocenters. The quantitative estimate of drug-likeness (QED) is 0.809. The Morgan fingerprint density at radius 1 is 1.23 bits per heavy atom. The van der Waals surface area contributed by atoms with Gasteiger partial charge < -0.3 is 5.32 Å². The highest BCUT2D eigenvalue weighted by atomic mass is 19.4. The van der Waals surface area contributed by atoms with E-state index < -0.39 is 11.7 Å². The number of halogens is 3. The van der Waals surface area contributed by atoms with E-state index in [-0.39, 0.29) is 12.3 Å². The van der Waals surface area contributed by atoms with Gasteiger partial charge in [0.15, 0.2) is 0 Å². The highest BCUT2D eigenvalue weighted by molar-refractivity contribution is 5.78. The first-order valence-electron chi connectivity index (χ1n) is 7.56. The third kappa shape index (κ3) is 5.20. The zero-order valence-electron chi connectivity index (χ0n) is 12.4. The molecule has 1 amide bonds. The molecular formula is C17H20F3NO. The number of hydrogen-bond donors (Lipinski definition) is 1. The van der Waals surface area contributed by atoms with E-state index in [1.165, 1.54) is 24.5 Å². The van der Waals surface area contributed by atoms with Gasteiger partial charge >= 0.3 is 6.18 Å². The minimum atomic E-state index is -4.38. The predicted octanol–water partition coefficient (Wildman–Crippen LogP) is 4.25. The van der Waals surface area contributed by atoms with Gasteiger partial charge in [0.05, 0.1) is 12.0 Å². The van der Waals surface area contributed by atoms with E-state index in [4.69, 9.17) is 0 Å². The lowest BCUT2D eigenvalue weighted by Gasteiger charge is -2.13. The molecule has 0 fully saturated rings. The summed E-state index contributed by atoms with van der Waals surface area (Å²) in [4.78, 5) is 11.8. The number of carbonyl (C=O) groups is 1. The van der Waals surface area contributed by atoms with E-state index >= 15 is 0 Å². The van der Waals surface area contributed by atoms with Crippen molar-refractivity contribution in [2.45, 2.75) is 44.7 Å². The van der Waals surface area contributed by atoms with Gasteiger partial charge in [0.2, 0.25) is 5.91 Å². The summed E-state index contributed by atoms with van der Waals surface area (Å²) in [6.45, 7) is 0.545. The second kappa shape index (κ2) is 7.47. The summed E-state index contributed by atoms with van der Waals surface area (Å²) in [5.74, 6) is -0.240. The lowest BCUT2D eigenvalue weighted by Crippen LogP contribution is -2.26. The molecule has 1 N–H and O–H groups in total.